The lowest BCUT2D eigenvalue weighted by Gasteiger charge is -2.16. The number of anilines is 1. The van der Waals surface area contributed by atoms with Crippen molar-refractivity contribution in [3.63, 3.8) is 0 Å². The first-order valence-electron chi connectivity index (χ1n) is 6.27. The van der Waals surface area contributed by atoms with E-state index < -0.39 is 0 Å². The number of nitrogens with zero attached hydrogens (tertiary/aromatic N) is 2. The normalized spacial score (nSPS) is 11.9. The third-order valence-electron chi connectivity index (χ3n) is 3.00. The molecule has 1 unspecified atom stereocenters. The number of allylic oxidation sites excluding steroid dienone is 1. The summed E-state index contributed by atoms with van der Waals surface area (Å²) >= 11 is 0. The van der Waals surface area contributed by atoms with Crippen molar-refractivity contribution >= 4 is 5.95 Å². The lowest BCUT2D eigenvalue weighted by molar-refractivity contribution is 0.414. The van der Waals surface area contributed by atoms with Gasteiger partial charge in [0.2, 0.25) is 5.95 Å². The second-order valence-corrected chi connectivity index (χ2v) is 4.33. The SMILES string of the molecule is C=CCn1ccnc1NC(C)c1ccc(OC)cc1. The molecule has 0 saturated carbocycles. The molecule has 1 atom stereocenters. The molecule has 1 aromatic heterocycles. The van der Waals surface area contributed by atoms with E-state index in [9.17, 15) is 0 Å². The third-order valence-corrected chi connectivity index (χ3v) is 3.00. The van der Waals surface area contributed by atoms with E-state index in [1.165, 1.54) is 5.56 Å². The van der Waals surface area contributed by atoms with Crippen LogP contribution in [0.1, 0.15) is 18.5 Å². The van der Waals surface area contributed by atoms with Crippen molar-refractivity contribution in [2.45, 2.75) is 19.5 Å². The Hall–Kier alpha value is -2.23. The van der Waals surface area contributed by atoms with Crippen LogP contribution in [-0.2, 0) is 6.54 Å². The van der Waals surface area contributed by atoms with E-state index in [2.05, 4.69) is 35.9 Å². The number of benzene rings is 1. The van der Waals surface area contributed by atoms with Gasteiger partial charge in [0.25, 0.3) is 0 Å². The molecule has 1 N–H and O–H groups in total. The van der Waals surface area contributed by atoms with Crippen molar-refractivity contribution in [1.29, 1.82) is 0 Å². The first-order chi connectivity index (χ1) is 9.24. The van der Waals surface area contributed by atoms with Crippen LogP contribution in [0, 0.1) is 0 Å². The lowest BCUT2D eigenvalue weighted by atomic mass is 10.1. The fourth-order valence-corrected chi connectivity index (χ4v) is 1.91. The zero-order valence-corrected chi connectivity index (χ0v) is 11.3. The van der Waals surface area contributed by atoms with Crippen LogP contribution in [-0.4, -0.2) is 16.7 Å². The molecule has 1 aromatic carbocycles. The Morgan fingerprint density at radius 2 is 2.16 bits per heavy atom. The Balaban J connectivity index is 2.08. The highest BCUT2D eigenvalue weighted by Crippen LogP contribution is 2.20. The minimum atomic E-state index is 0.178. The molecular formula is C15H19N3O. The molecule has 0 saturated heterocycles. The fraction of sp³-hybridized carbons (Fsp3) is 0.267. The van der Waals surface area contributed by atoms with E-state index in [0.717, 1.165) is 18.2 Å². The maximum Gasteiger partial charge on any atom is 0.203 e. The van der Waals surface area contributed by atoms with Crippen LogP contribution in [0.3, 0.4) is 0 Å². The Labute approximate surface area is 113 Å². The van der Waals surface area contributed by atoms with Gasteiger partial charge in [0.05, 0.1) is 13.2 Å². The Bertz CT molecular complexity index is 531. The van der Waals surface area contributed by atoms with Gasteiger partial charge in [-0.15, -0.1) is 6.58 Å². The maximum absolute atomic E-state index is 5.16. The molecule has 0 radical (unpaired) electrons. The summed E-state index contributed by atoms with van der Waals surface area (Å²) < 4.78 is 7.18. The first-order valence-corrected chi connectivity index (χ1v) is 6.27. The van der Waals surface area contributed by atoms with E-state index in [4.69, 9.17) is 4.74 Å². The quantitative estimate of drug-likeness (QED) is 0.807. The molecular weight excluding hydrogens is 238 g/mol. The summed E-state index contributed by atoms with van der Waals surface area (Å²) in [6.45, 7) is 6.60. The van der Waals surface area contributed by atoms with Crippen LogP contribution < -0.4 is 10.1 Å². The van der Waals surface area contributed by atoms with Gasteiger partial charge in [0.1, 0.15) is 5.75 Å². The van der Waals surface area contributed by atoms with Crippen LogP contribution in [0.2, 0.25) is 0 Å². The van der Waals surface area contributed by atoms with Crippen LogP contribution in [0.25, 0.3) is 0 Å². The summed E-state index contributed by atoms with van der Waals surface area (Å²) in [4.78, 5) is 4.31. The van der Waals surface area contributed by atoms with Crippen LogP contribution >= 0.6 is 0 Å². The minimum Gasteiger partial charge on any atom is -0.497 e. The summed E-state index contributed by atoms with van der Waals surface area (Å²) in [6, 6.07) is 8.21. The largest absolute Gasteiger partial charge is 0.497 e. The minimum absolute atomic E-state index is 0.178. The molecule has 0 amide bonds. The number of nitrogens with one attached hydrogen (secondary N) is 1. The van der Waals surface area contributed by atoms with Crippen molar-refractivity contribution in [2.24, 2.45) is 0 Å². The van der Waals surface area contributed by atoms with Gasteiger partial charge in [-0.25, -0.2) is 4.98 Å². The second kappa shape index (κ2) is 6.09. The number of hydrogen-bond acceptors (Lipinski definition) is 3. The Morgan fingerprint density at radius 3 is 2.79 bits per heavy atom. The monoisotopic (exact) mass is 257 g/mol. The van der Waals surface area contributed by atoms with Gasteiger partial charge in [-0.05, 0) is 24.6 Å². The van der Waals surface area contributed by atoms with Gasteiger partial charge < -0.3 is 14.6 Å². The van der Waals surface area contributed by atoms with E-state index in [0.29, 0.717) is 0 Å². The van der Waals surface area contributed by atoms with Gasteiger partial charge in [-0.2, -0.15) is 0 Å². The van der Waals surface area contributed by atoms with Crippen molar-refractivity contribution in [3.05, 3.63) is 54.9 Å². The highest BCUT2D eigenvalue weighted by molar-refractivity contribution is 5.35. The zero-order chi connectivity index (χ0) is 13.7. The van der Waals surface area contributed by atoms with Gasteiger partial charge >= 0.3 is 0 Å². The van der Waals surface area contributed by atoms with E-state index in [-0.39, 0.29) is 6.04 Å². The number of methoxy groups -OCH3 is 1. The molecule has 19 heavy (non-hydrogen) atoms. The molecule has 4 nitrogen and oxygen atoms in total. The lowest BCUT2D eigenvalue weighted by Crippen LogP contribution is -2.11. The van der Waals surface area contributed by atoms with E-state index in [1.807, 2.05) is 29.0 Å². The van der Waals surface area contributed by atoms with Gasteiger partial charge in [0, 0.05) is 18.9 Å². The van der Waals surface area contributed by atoms with Crippen LogP contribution in [0.5, 0.6) is 5.75 Å². The van der Waals surface area contributed by atoms with Gasteiger partial charge in [-0.1, -0.05) is 18.2 Å². The smallest absolute Gasteiger partial charge is 0.203 e. The molecule has 2 aromatic rings. The van der Waals surface area contributed by atoms with Crippen molar-refractivity contribution in [3.8, 4) is 5.75 Å². The second-order valence-electron chi connectivity index (χ2n) is 4.33. The maximum atomic E-state index is 5.16. The molecule has 1 heterocycles. The van der Waals surface area contributed by atoms with Gasteiger partial charge in [0.15, 0.2) is 0 Å². The predicted molar refractivity (Wildman–Crippen MR) is 77.5 cm³/mol. The first kappa shape index (κ1) is 13.2. The average molecular weight is 257 g/mol. The number of rotatable bonds is 6. The van der Waals surface area contributed by atoms with Crippen molar-refractivity contribution < 1.29 is 4.74 Å². The van der Waals surface area contributed by atoms with Gasteiger partial charge in [-0.3, -0.25) is 0 Å². The fourth-order valence-electron chi connectivity index (χ4n) is 1.91. The highest BCUT2D eigenvalue weighted by atomic mass is 16.5. The topological polar surface area (TPSA) is 39.1 Å². The third kappa shape index (κ3) is 3.16. The molecule has 0 spiro atoms. The van der Waals surface area contributed by atoms with Crippen LogP contribution in [0.4, 0.5) is 5.95 Å². The summed E-state index contributed by atoms with van der Waals surface area (Å²) in [7, 11) is 1.67. The molecule has 100 valence electrons. The van der Waals surface area contributed by atoms with Crippen molar-refractivity contribution in [2.75, 3.05) is 12.4 Å². The van der Waals surface area contributed by atoms with E-state index >= 15 is 0 Å². The molecule has 0 fully saturated rings. The average Bonchev–Trinajstić information content (AvgIpc) is 2.86. The summed E-state index contributed by atoms with van der Waals surface area (Å²) in [5, 5.41) is 3.39. The number of ether oxygens (including phenoxy) is 1. The Kier molecular flexibility index (Phi) is 4.23. The highest BCUT2D eigenvalue weighted by Gasteiger charge is 2.08. The number of aromatic nitrogens is 2. The Morgan fingerprint density at radius 1 is 1.42 bits per heavy atom. The molecule has 0 aliphatic heterocycles. The number of imidazole rings is 1. The van der Waals surface area contributed by atoms with Crippen molar-refractivity contribution in [1.82, 2.24) is 9.55 Å². The molecule has 0 bridgehead atoms. The summed E-state index contributed by atoms with van der Waals surface area (Å²) in [5.41, 5.74) is 1.19. The van der Waals surface area contributed by atoms with E-state index in [1.54, 1.807) is 13.3 Å². The standard InChI is InChI=1S/C15H19N3O/c1-4-10-18-11-9-16-15(18)17-12(2)13-5-7-14(19-3)8-6-13/h4-9,11-12H,1,10H2,2-3H3,(H,16,17). The molecule has 4 heteroatoms. The molecule has 0 aliphatic carbocycles. The van der Waals surface area contributed by atoms with Crippen LogP contribution in [0.15, 0.2) is 49.3 Å². The number of hydrogen-bond donors (Lipinski definition) is 1. The predicted octanol–water partition coefficient (Wildman–Crippen LogP) is 3.25. The summed E-state index contributed by atoms with van der Waals surface area (Å²) in [5.74, 6) is 1.72. The molecule has 2 rings (SSSR count). The zero-order valence-electron chi connectivity index (χ0n) is 11.3. The molecule has 0 aliphatic rings. The summed E-state index contributed by atoms with van der Waals surface area (Å²) in [6.07, 6.45) is 5.57.